The zero-order valence-corrected chi connectivity index (χ0v) is 19.2. The molecular formula is C22H25BrN2O7. The van der Waals surface area contributed by atoms with E-state index < -0.39 is 11.9 Å². The molecule has 0 radical (unpaired) electrons. The van der Waals surface area contributed by atoms with Crippen LogP contribution in [0.2, 0.25) is 0 Å². The van der Waals surface area contributed by atoms with Gasteiger partial charge in [-0.1, -0.05) is 22.0 Å². The van der Waals surface area contributed by atoms with Gasteiger partial charge in [0.05, 0.1) is 7.11 Å². The topological polar surface area (TPSA) is 109 Å². The molecule has 2 N–H and O–H groups in total. The van der Waals surface area contributed by atoms with Gasteiger partial charge >= 0.3 is 11.9 Å². The van der Waals surface area contributed by atoms with E-state index in [1.165, 1.54) is 11.1 Å². The van der Waals surface area contributed by atoms with E-state index in [0.717, 1.165) is 61.0 Å². The number of fused-ring (bicyclic) bond motifs is 1. The number of hydrogen-bond acceptors (Lipinski definition) is 7. The van der Waals surface area contributed by atoms with E-state index in [-0.39, 0.29) is 0 Å². The predicted molar refractivity (Wildman–Crippen MR) is 119 cm³/mol. The Hall–Kier alpha value is -2.82. The first kappa shape index (κ1) is 23.8. The maximum Gasteiger partial charge on any atom is 0.414 e. The lowest BCUT2D eigenvalue weighted by Crippen LogP contribution is -2.45. The van der Waals surface area contributed by atoms with Crippen molar-refractivity contribution in [3.8, 4) is 17.2 Å². The van der Waals surface area contributed by atoms with Crippen LogP contribution in [0.3, 0.4) is 0 Å². The number of carboxylic acids is 2. The van der Waals surface area contributed by atoms with Crippen LogP contribution in [-0.4, -0.2) is 72.0 Å². The molecule has 0 aliphatic carbocycles. The van der Waals surface area contributed by atoms with Gasteiger partial charge in [-0.15, -0.1) is 0 Å². The summed E-state index contributed by atoms with van der Waals surface area (Å²) in [5, 5.41) is 14.8. The largest absolute Gasteiger partial charge is 0.496 e. The Labute approximate surface area is 194 Å². The molecule has 0 amide bonds. The number of hydrogen-bond donors (Lipinski definition) is 2. The first-order valence-electron chi connectivity index (χ1n) is 9.97. The van der Waals surface area contributed by atoms with Crippen LogP contribution in [0.5, 0.6) is 17.2 Å². The molecular weight excluding hydrogens is 484 g/mol. The highest BCUT2D eigenvalue weighted by Crippen LogP contribution is 2.33. The second-order valence-corrected chi connectivity index (χ2v) is 8.22. The third-order valence-electron chi connectivity index (χ3n) is 5.13. The van der Waals surface area contributed by atoms with E-state index in [2.05, 4.69) is 43.9 Å². The van der Waals surface area contributed by atoms with Gasteiger partial charge < -0.3 is 24.4 Å². The van der Waals surface area contributed by atoms with Crippen molar-refractivity contribution in [2.24, 2.45) is 0 Å². The Morgan fingerprint density at radius 1 is 0.938 bits per heavy atom. The monoisotopic (exact) mass is 508 g/mol. The second kappa shape index (κ2) is 11.2. The van der Waals surface area contributed by atoms with Crippen molar-refractivity contribution >= 4 is 27.9 Å². The van der Waals surface area contributed by atoms with E-state index in [1.807, 2.05) is 18.2 Å². The van der Waals surface area contributed by atoms with Crippen molar-refractivity contribution < 1.29 is 34.0 Å². The number of halogens is 1. The number of piperazine rings is 1. The summed E-state index contributed by atoms with van der Waals surface area (Å²) in [5.41, 5.74) is 2.50. The average molecular weight is 509 g/mol. The van der Waals surface area contributed by atoms with Crippen LogP contribution in [0.1, 0.15) is 11.1 Å². The highest BCUT2D eigenvalue weighted by Gasteiger charge is 2.20. The van der Waals surface area contributed by atoms with Gasteiger partial charge in [-0.25, -0.2) is 9.59 Å². The van der Waals surface area contributed by atoms with Crippen molar-refractivity contribution in [3.63, 3.8) is 0 Å². The highest BCUT2D eigenvalue weighted by molar-refractivity contribution is 9.10. The van der Waals surface area contributed by atoms with Crippen LogP contribution >= 0.6 is 15.9 Å². The molecule has 32 heavy (non-hydrogen) atoms. The van der Waals surface area contributed by atoms with Crippen LogP contribution in [0.15, 0.2) is 40.9 Å². The lowest BCUT2D eigenvalue weighted by atomic mass is 10.1. The SMILES string of the molecule is COc1ccc(Br)cc1CN1CCN(Cc2ccc3c(c2)OCO3)CC1.O=C(O)C(=O)O. The van der Waals surface area contributed by atoms with Gasteiger partial charge in [0, 0.05) is 49.3 Å². The van der Waals surface area contributed by atoms with Gasteiger partial charge in [-0.3, -0.25) is 9.80 Å². The maximum absolute atomic E-state index is 9.10. The summed E-state index contributed by atoms with van der Waals surface area (Å²) >= 11 is 3.56. The maximum atomic E-state index is 9.10. The van der Waals surface area contributed by atoms with Gasteiger partial charge in [0.2, 0.25) is 6.79 Å². The Morgan fingerprint density at radius 3 is 2.19 bits per heavy atom. The minimum atomic E-state index is -1.82. The fraction of sp³-hybridized carbons (Fsp3) is 0.364. The van der Waals surface area contributed by atoms with Gasteiger partial charge in [-0.2, -0.15) is 0 Å². The fourth-order valence-corrected chi connectivity index (χ4v) is 3.92. The summed E-state index contributed by atoms with van der Waals surface area (Å²) in [6, 6.07) is 12.4. The summed E-state index contributed by atoms with van der Waals surface area (Å²) < 4.78 is 17.5. The fourth-order valence-electron chi connectivity index (χ4n) is 3.51. The Balaban J connectivity index is 0.000000427. The van der Waals surface area contributed by atoms with Gasteiger partial charge in [0.1, 0.15) is 5.75 Å². The summed E-state index contributed by atoms with van der Waals surface area (Å²) in [7, 11) is 1.73. The molecule has 172 valence electrons. The number of carboxylic acid groups (broad SMARTS) is 2. The molecule has 0 unspecified atom stereocenters. The standard InChI is InChI=1S/C20H23BrN2O3.C2H2O4/c1-24-18-5-3-17(21)11-16(18)13-23-8-6-22(7-9-23)12-15-2-4-19-20(10-15)26-14-25-19;3-1(4)2(5)6/h2-5,10-11H,6-9,12-14H2,1H3;(H,3,4)(H,5,6). The second-order valence-electron chi connectivity index (χ2n) is 7.31. The number of carbonyl (C=O) groups is 2. The lowest BCUT2D eigenvalue weighted by molar-refractivity contribution is -0.159. The van der Waals surface area contributed by atoms with Crippen molar-refractivity contribution in [1.82, 2.24) is 9.80 Å². The normalized spacial score (nSPS) is 15.6. The van der Waals surface area contributed by atoms with Gasteiger partial charge in [-0.05, 0) is 35.9 Å². The molecule has 4 rings (SSSR count). The van der Waals surface area contributed by atoms with E-state index >= 15 is 0 Å². The Kier molecular flexibility index (Phi) is 8.32. The Bertz CT molecular complexity index is 949. The highest BCUT2D eigenvalue weighted by atomic mass is 79.9. The molecule has 0 atom stereocenters. The molecule has 2 heterocycles. The molecule has 10 heteroatoms. The molecule has 9 nitrogen and oxygen atoms in total. The van der Waals surface area contributed by atoms with Crippen molar-refractivity contribution in [2.45, 2.75) is 13.1 Å². The molecule has 2 aromatic rings. The van der Waals surface area contributed by atoms with E-state index in [9.17, 15) is 0 Å². The van der Waals surface area contributed by atoms with Gasteiger partial charge in [0.15, 0.2) is 11.5 Å². The minimum absolute atomic E-state index is 0.330. The summed E-state index contributed by atoms with van der Waals surface area (Å²) in [6.45, 7) is 6.43. The molecule has 0 saturated carbocycles. The van der Waals surface area contributed by atoms with Crippen LogP contribution in [0, 0.1) is 0 Å². The molecule has 2 aliphatic rings. The molecule has 0 bridgehead atoms. The first-order valence-corrected chi connectivity index (χ1v) is 10.8. The van der Waals surface area contributed by atoms with Crippen LogP contribution in [-0.2, 0) is 22.7 Å². The number of benzene rings is 2. The predicted octanol–water partition coefficient (Wildman–Crippen LogP) is 2.66. The average Bonchev–Trinajstić information content (AvgIpc) is 3.24. The van der Waals surface area contributed by atoms with E-state index in [4.69, 9.17) is 34.0 Å². The van der Waals surface area contributed by atoms with Gasteiger partial charge in [0.25, 0.3) is 0 Å². The molecule has 2 aliphatic heterocycles. The van der Waals surface area contributed by atoms with Crippen LogP contribution in [0.25, 0.3) is 0 Å². The number of aliphatic carboxylic acids is 2. The van der Waals surface area contributed by atoms with Crippen LogP contribution in [0.4, 0.5) is 0 Å². The smallest absolute Gasteiger partial charge is 0.414 e. The molecule has 0 aromatic heterocycles. The lowest BCUT2D eigenvalue weighted by Gasteiger charge is -2.35. The number of rotatable bonds is 5. The number of ether oxygens (including phenoxy) is 3. The summed E-state index contributed by atoms with van der Waals surface area (Å²) in [6.07, 6.45) is 0. The Morgan fingerprint density at radius 2 is 1.56 bits per heavy atom. The number of methoxy groups -OCH3 is 1. The van der Waals surface area contributed by atoms with E-state index in [1.54, 1.807) is 7.11 Å². The summed E-state index contributed by atoms with van der Waals surface area (Å²) in [4.78, 5) is 23.2. The first-order chi connectivity index (χ1) is 15.4. The van der Waals surface area contributed by atoms with Crippen molar-refractivity contribution in [3.05, 3.63) is 52.0 Å². The zero-order valence-electron chi connectivity index (χ0n) is 17.6. The minimum Gasteiger partial charge on any atom is -0.496 e. The summed E-state index contributed by atoms with van der Waals surface area (Å²) in [5.74, 6) is -0.981. The third-order valence-corrected chi connectivity index (χ3v) is 5.62. The quantitative estimate of drug-likeness (QED) is 0.588. The number of nitrogens with zero attached hydrogens (tertiary/aromatic N) is 2. The molecule has 0 spiro atoms. The van der Waals surface area contributed by atoms with Crippen molar-refractivity contribution in [2.75, 3.05) is 40.1 Å². The molecule has 1 saturated heterocycles. The molecule has 2 aromatic carbocycles. The molecule has 1 fully saturated rings. The van der Waals surface area contributed by atoms with Crippen LogP contribution < -0.4 is 14.2 Å². The third kappa shape index (κ3) is 6.59. The zero-order chi connectivity index (χ0) is 23.1. The van der Waals surface area contributed by atoms with E-state index in [0.29, 0.717) is 6.79 Å². The van der Waals surface area contributed by atoms with Crippen molar-refractivity contribution in [1.29, 1.82) is 0 Å².